The molecule has 2 aromatic carbocycles. The van der Waals surface area contributed by atoms with Gasteiger partial charge in [0.05, 0.1) is 13.2 Å². The second-order valence-corrected chi connectivity index (χ2v) is 16.4. The van der Waals surface area contributed by atoms with Gasteiger partial charge in [-0.25, -0.2) is 4.79 Å². The van der Waals surface area contributed by atoms with Crippen LogP contribution < -0.4 is 15.6 Å². The third-order valence-electron chi connectivity index (χ3n) is 11.3. The SMILES string of the molecule is COc1ccc(C(CC(=O)N[C@@H](CCSC)C(=O)N2CC3CC(C2)c2cccc(=O)n2C3)c2c(O)cc3c(c2O)C(=O)O[C@@H](C)CCCC(=O)CCCC=C3)cc1. The third-order valence-corrected chi connectivity index (χ3v) is 12.0. The van der Waals surface area contributed by atoms with Gasteiger partial charge in [-0.1, -0.05) is 30.4 Å². The van der Waals surface area contributed by atoms with Crippen molar-refractivity contribution in [3.05, 3.63) is 92.9 Å². The Bertz CT molecular complexity index is 2050. The van der Waals surface area contributed by atoms with Gasteiger partial charge in [0, 0.05) is 68.1 Å². The molecule has 2 amide bonds. The number of rotatable bonds is 10. The quantitative estimate of drug-likeness (QED) is 0.203. The van der Waals surface area contributed by atoms with Crippen LogP contribution in [0.15, 0.2) is 59.4 Å². The number of phenolic OH excluding ortho intramolecular Hbond substituents is 2. The summed E-state index contributed by atoms with van der Waals surface area (Å²) in [5.74, 6) is -1.76. The second kappa shape index (κ2) is 18.9. The first-order valence-electron chi connectivity index (χ1n) is 19.9. The monoisotopic (exact) mass is 799 g/mol. The van der Waals surface area contributed by atoms with E-state index in [9.17, 15) is 34.2 Å². The lowest BCUT2D eigenvalue weighted by Crippen LogP contribution is -2.55. The van der Waals surface area contributed by atoms with Crippen LogP contribution in [0.4, 0.5) is 0 Å². The predicted molar refractivity (Wildman–Crippen MR) is 219 cm³/mol. The van der Waals surface area contributed by atoms with E-state index in [1.165, 1.54) is 13.2 Å². The Morgan fingerprint density at radius 2 is 1.81 bits per heavy atom. The first-order chi connectivity index (χ1) is 27.5. The molecule has 3 aromatic rings. The number of aromatic hydroxyl groups is 2. The molecule has 4 heterocycles. The number of carbonyl (C=O) groups excluding carboxylic acids is 4. The highest BCUT2D eigenvalue weighted by Gasteiger charge is 2.39. The van der Waals surface area contributed by atoms with Crippen molar-refractivity contribution in [1.29, 1.82) is 0 Å². The van der Waals surface area contributed by atoms with Crippen LogP contribution in [0.3, 0.4) is 0 Å². The van der Waals surface area contributed by atoms with Crippen molar-refractivity contribution in [3.8, 4) is 17.2 Å². The van der Waals surface area contributed by atoms with Crippen LogP contribution in [0.2, 0.25) is 0 Å². The number of ketones is 1. The molecule has 5 atom stereocenters. The summed E-state index contributed by atoms with van der Waals surface area (Å²) >= 11 is 1.57. The molecule has 1 saturated heterocycles. The third kappa shape index (κ3) is 9.92. The Hall–Kier alpha value is -5.04. The van der Waals surface area contributed by atoms with Crippen molar-refractivity contribution in [2.75, 3.05) is 32.2 Å². The van der Waals surface area contributed by atoms with Gasteiger partial charge in [-0.15, -0.1) is 0 Å². The van der Waals surface area contributed by atoms with Gasteiger partial charge in [0.25, 0.3) is 5.56 Å². The summed E-state index contributed by atoms with van der Waals surface area (Å²) < 4.78 is 13.0. The Balaban J connectivity index is 1.31. The van der Waals surface area contributed by atoms with Crippen molar-refractivity contribution >= 4 is 41.4 Å². The van der Waals surface area contributed by atoms with Crippen molar-refractivity contribution in [2.45, 2.75) is 95.2 Å². The van der Waals surface area contributed by atoms with Crippen LogP contribution in [-0.4, -0.2) is 87.6 Å². The summed E-state index contributed by atoms with van der Waals surface area (Å²) in [7, 11) is 1.53. The molecular formula is C44H53N3O9S. The fourth-order valence-electron chi connectivity index (χ4n) is 8.47. The molecule has 3 aliphatic rings. The number of methoxy groups -OCH3 is 1. The molecule has 0 spiro atoms. The molecule has 1 fully saturated rings. The van der Waals surface area contributed by atoms with Crippen LogP contribution in [0.5, 0.6) is 17.2 Å². The number of phenols is 2. The molecule has 2 bridgehead atoms. The number of ether oxygens (including phenoxy) is 2. The zero-order valence-corrected chi connectivity index (χ0v) is 33.7. The minimum atomic E-state index is -0.949. The van der Waals surface area contributed by atoms with Crippen molar-refractivity contribution < 1.29 is 38.9 Å². The van der Waals surface area contributed by atoms with Gasteiger partial charge in [0.2, 0.25) is 11.8 Å². The number of hydrogen-bond acceptors (Lipinski definition) is 10. The molecular weight excluding hydrogens is 747 g/mol. The van der Waals surface area contributed by atoms with E-state index in [0.717, 1.165) is 12.1 Å². The molecule has 6 rings (SSSR count). The lowest BCUT2D eigenvalue weighted by molar-refractivity contribution is -0.139. The number of esters is 1. The molecule has 0 saturated carbocycles. The number of allylic oxidation sites excluding steroid dienone is 1. The second-order valence-electron chi connectivity index (χ2n) is 15.4. The van der Waals surface area contributed by atoms with E-state index >= 15 is 0 Å². The number of Topliss-reactive ketones (excluding diaryl/α,β-unsaturated/α-hetero) is 1. The molecule has 304 valence electrons. The summed E-state index contributed by atoms with van der Waals surface area (Å²) in [6.45, 7) is 3.20. The van der Waals surface area contributed by atoms with Crippen molar-refractivity contribution in [2.24, 2.45) is 5.92 Å². The number of carbonyl (C=O) groups is 4. The van der Waals surface area contributed by atoms with E-state index in [0.29, 0.717) is 81.6 Å². The van der Waals surface area contributed by atoms with Crippen LogP contribution >= 0.6 is 11.8 Å². The number of thioether (sulfide) groups is 1. The molecule has 0 aliphatic carbocycles. The van der Waals surface area contributed by atoms with Gasteiger partial charge in [-0.2, -0.15) is 11.8 Å². The first kappa shape index (κ1) is 41.6. The van der Waals surface area contributed by atoms with Gasteiger partial charge in [0.15, 0.2) is 0 Å². The molecule has 12 nitrogen and oxygen atoms in total. The Morgan fingerprint density at radius 1 is 1.04 bits per heavy atom. The molecule has 3 unspecified atom stereocenters. The van der Waals surface area contributed by atoms with Gasteiger partial charge in [-0.3, -0.25) is 19.2 Å². The average Bonchev–Trinajstić information content (AvgIpc) is 3.18. The lowest BCUT2D eigenvalue weighted by Gasteiger charge is -2.43. The molecule has 0 radical (unpaired) electrons. The van der Waals surface area contributed by atoms with Gasteiger partial charge in [0.1, 0.15) is 34.6 Å². The van der Waals surface area contributed by atoms with Crippen LogP contribution in [-0.2, 0) is 25.7 Å². The van der Waals surface area contributed by atoms with E-state index in [1.807, 2.05) is 21.8 Å². The van der Waals surface area contributed by atoms with Gasteiger partial charge in [-0.05, 0) is 98.8 Å². The van der Waals surface area contributed by atoms with Crippen LogP contribution in [0.1, 0.15) is 109 Å². The molecule has 13 heteroatoms. The highest BCUT2D eigenvalue weighted by atomic mass is 32.2. The Kier molecular flexibility index (Phi) is 13.8. The molecule has 3 aliphatic heterocycles. The summed E-state index contributed by atoms with van der Waals surface area (Å²) in [5.41, 5.74) is 1.53. The number of piperidine rings is 1. The number of cyclic esters (lactones) is 1. The number of aromatic nitrogens is 1. The summed E-state index contributed by atoms with van der Waals surface area (Å²) in [6.07, 6.45) is 8.86. The molecule has 3 N–H and O–H groups in total. The van der Waals surface area contributed by atoms with Gasteiger partial charge >= 0.3 is 5.97 Å². The highest BCUT2D eigenvalue weighted by Crippen LogP contribution is 2.44. The number of fused-ring (bicyclic) bond motifs is 5. The Labute approximate surface area is 337 Å². The normalized spacial score (nSPS) is 21.0. The average molecular weight is 800 g/mol. The summed E-state index contributed by atoms with van der Waals surface area (Å²) in [6, 6.07) is 12.7. The van der Waals surface area contributed by atoms with Crippen LogP contribution in [0, 0.1) is 5.92 Å². The minimum Gasteiger partial charge on any atom is -0.507 e. The lowest BCUT2D eigenvalue weighted by atomic mass is 9.83. The van der Waals surface area contributed by atoms with Crippen molar-refractivity contribution in [3.63, 3.8) is 0 Å². The topological polar surface area (TPSA) is 164 Å². The maximum atomic E-state index is 14.3. The van der Waals surface area contributed by atoms with Crippen LogP contribution in [0.25, 0.3) is 6.08 Å². The van der Waals surface area contributed by atoms with E-state index < -0.39 is 35.7 Å². The minimum absolute atomic E-state index is 0.0142. The number of likely N-dealkylation sites (tertiary alicyclic amines) is 1. The number of pyridine rings is 1. The molecule has 1 aromatic heterocycles. The predicted octanol–water partition coefficient (Wildman–Crippen LogP) is 6.16. The zero-order chi connectivity index (χ0) is 40.6. The standard InChI is InChI=1S/C44H53N3O9S/c1-27-9-7-12-32(48)11-6-4-5-10-30-22-37(49)41(42(52)40(30)44(54)56-27)34(29-15-17-33(55-2)18-16-29)23-38(50)45-35(19-20-57-3)43(53)46-24-28-21-31(26-46)36-13-8-14-39(51)47(36)25-28/h5,8,10,13-18,22,27-28,31,34-35,49,52H,4,6-7,9,11-12,19-21,23-26H2,1-3H3,(H,45,50)/t27-,28?,31?,34?,35-/m0/s1. The number of nitrogens with zero attached hydrogens (tertiary/aromatic N) is 2. The van der Waals surface area contributed by atoms with E-state index in [-0.39, 0.29) is 57.9 Å². The number of hydrogen-bond donors (Lipinski definition) is 3. The van der Waals surface area contributed by atoms with Gasteiger partial charge < -0.3 is 34.5 Å². The fourth-order valence-corrected chi connectivity index (χ4v) is 8.94. The fraction of sp³-hybridized carbons (Fsp3) is 0.477. The molecule has 57 heavy (non-hydrogen) atoms. The number of benzene rings is 2. The zero-order valence-electron chi connectivity index (χ0n) is 32.9. The number of nitrogens with one attached hydrogen (secondary N) is 1. The van der Waals surface area contributed by atoms with E-state index in [1.54, 1.807) is 67.2 Å². The number of amides is 2. The Morgan fingerprint density at radius 3 is 2.56 bits per heavy atom. The largest absolute Gasteiger partial charge is 0.507 e. The first-order valence-corrected chi connectivity index (χ1v) is 21.3. The van der Waals surface area contributed by atoms with Crippen molar-refractivity contribution in [1.82, 2.24) is 14.8 Å². The maximum absolute atomic E-state index is 14.3. The summed E-state index contributed by atoms with van der Waals surface area (Å²) in [5, 5.41) is 26.6. The smallest absolute Gasteiger partial charge is 0.342 e. The van der Waals surface area contributed by atoms with E-state index in [2.05, 4.69) is 5.32 Å². The maximum Gasteiger partial charge on any atom is 0.342 e. The summed E-state index contributed by atoms with van der Waals surface area (Å²) in [4.78, 5) is 68.9. The van der Waals surface area contributed by atoms with E-state index in [4.69, 9.17) is 9.47 Å². The highest BCUT2D eigenvalue weighted by molar-refractivity contribution is 7.98.